The van der Waals surface area contributed by atoms with Gasteiger partial charge in [-0.25, -0.2) is 8.78 Å². The van der Waals surface area contributed by atoms with Gasteiger partial charge < -0.3 is 20.7 Å². The van der Waals surface area contributed by atoms with Crippen LogP contribution < -0.4 is 20.7 Å². The molecule has 0 radical (unpaired) electrons. The lowest BCUT2D eigenvalue weighted by Gasteiger charge is -2.13. The molecule has 3 aromatic rings. The zero-order valence-corrected chi connectivity index (χ0v) is 21.3. The number of halogens is 5. The molecule has 0 bridgehead atoms. The Morgan fingerprint density at radius 1 is 0.946 bits per heavy atom. The summed E-state index contributed by atoms with van der Waals surface area (Å²) in [5, 5.41) is 7.09. The third-order valence-electron chi connectivity index (χ3n) is 5.55. The summed E-state index contributed by atoms with van der Waals surface area (Å²) in [7, 11) is 1.46. The van der Waals surface area contributed by atoms with E-state index < -0.39 is 51.0 Å². The number of hydrogen-bond acceptors (Lipinski definition) is 4. The lowest BCUT2D eigenvalue weighted by molar-refractivity contribution is -0.117. The minimum atomic E-state index is -1.20. The van der Waals surface area contributed by atoms with Gasteiger partial charge in [-0.3, -0.25) is 14.4 Å². The molecule has 1 atom stereocenters. The maximum absolute atomic E-state index is 15.1. The number of ether oxygens (including phenoxy) is 1. The zero-order chi connectivity index (χ0) is 26.9. The van der Waals surface area contributed by atoms with Crippen LogP contribution in [0.4, 0.5) is 25.8 Å². The van der Waals surface area contributed by atoms with Gasteiger partial charge >= 0.3 is 0 Å². The van der Waals surface area contributed by atoms with Crippen LogP contribution in [0.25, 0.3) is 0 Å². The van der Waals surface area contributed by atoms with Crippen LogP contribution in [0, 0.1) is 17.6 Å². The van der Waals surface area contributed by atoms with Crippen LogP contribution in [0.3, 0.4) is 0 Å². The van der Waals surface area contributed by atoms with E-state index in [0.717, 1.165) is 12.1 Å². The summed E-state index contributed by atoms with van der Waals surface area (Å²) in [4.78, 5) is 37.6. The molecule has 37 heavy (non-hydrogen) atoms. The van der Waals surface area contributed by atoms with E-state index in [1.54, 1.807) is 0 Å². The lowest BCUT2D eigenvalue weighted by atomic mass is 10.1. The summed E-state index contributed by atoms with van der Waals surface area (Å²) in [6.07, 6.45) is 0.296. The Labute approximate surface area is 225 Å². The smallest absolute Gasteiger partial charge is 0.257 e. The SMILES string of the molecule is COc1ccc(C(=O)Nc2c(F)ccc(NC(=O)c3cc(NC(=O)C4CC4(Cl)Cl)ccc3Cl)c2F)cc1. The summed E-state index contributed by atoms with van der Waals surface area (Å²) in [5.74, 6) is -4.39. The van der Waals surface area contributed by atoms with Crippen molar-refractivity contribution < 1.29 is 27.9 Å². The largest absolute Gasteiger partial charge is 0.497 e. The van der Waals surface area contributed by atoms with E-state index in [1.165, 1.54) is 49.6 Å². The van der Waals surface area contributed by atoms with Crippen molar-refractivity contribution in [2.75, 3.05) is 23.1 Å². The van der Waals surface area contributed by atoms with Gasteiger partial charge in [-0.05, 0) is 61.0 Å². The van der Waals surface area contributed by atoms with Gasteiger partial charge in [-0.15, -0.1) is 23.2 Å². The molecule has 3 amide bonds. The van der Waals surface area contributed by atoms with Gasteiger partial charge in [0, 0.05) is 11.3 Å². The Balaban J connectivity index is 1.51. The molecule has 0 spiro atoms. The van der Waals surface area contributed by atoms with E-state index in [1.807, 2.05) is 0 Å². The second kappa shape index (κ2) is 10.5. The number of carbonyl (C=O) groups excluding carboxylic acids is 3. The van der Waals surface area contributed by atoms with E-state index in [9.17, 15) is 18.8 Å². The standard InChI is InChI=1S/C25H18Cl3F2N3O4/c1-37-14-5-2-12(3-6-14)22(34)33-21-18(29)8-9-19(20(21)30)32-23(35)15-10-13(4-7-17(15)26)31-24(36)16-11-25(16,27)28/h2-10,16H,11H2,1H3,(H,31,36)(H,32,35)(H,33,34). The molecule has 7 nitrogen and oxygen atoms in total. The normalized spacial score (nSPS) is 15.5. The minimum absolute atomic E-state index is 0.0153. The minimum Gasteiger partial charge on any atom is -0.497 e. The third kappa shape index (κ3) is 5.95. The number of alkyl halides is 2. The first-order valence-electron chi connectivity index (χ1n) is 10.7. The van der Waals surface area contributed by atoms with Crippen molar-refractivity contribution in [3.63, 3.8) is 0 Å². The summed E-state index contributed by atoms with van der Waals surface area (Å²) < 4.78 is 33.4. The number of carbonyl (C=O) groups is 3. The molecule has 3 aromatic carbocycles. The molecule has 0 heterocycles. The van der Waals surface area contributed by atoms with Crippen LogP contribution in [0.2, 0.25) is 5.02 Å². The van der Waals surface area contributed by atoms with Gasteiger partial charge in [0.2, 0.25) is 5.91 Å². The highest BCUT2D eigenvalue weighted by atomic mass is 35.5. The van der Waals surface area contributed by atoms with Gasteiger partial charge in [0.05, 0.1) is 29.3 Å². The van der Waals surface area contributed by atoms with Crippen molar-refractivity contribution in [1.29, 1.82) is 0 Å². The van der Waals surface area contributed by atoms with Gasteiger partial charge in [0.1, 0.15) is 21.6 Å². The summed E-state index contributed by atoms with van der Waals surface area (Å²) in [6.45, 7) is 0. The van der Waals surface area contributed by atoms with Crippen molar-refractivity contribution >= 4 is 69.6 Å². The first-order valence-corrected chi connectivity index (χ1v) is 11.9. The Morgan fingerprint density at radius 2 is 1.62 bits per heavy atom. The van der Waals surface area contributed by atoms with E-state index in [4.69, 9.17) is 39.5 Å². The van der Waals surface area contributed by atoms with Gasteiger partial charge in [0.15, 0.2) is 5.82 Å². The molecule has 1 fully saturated rings. The second-order valence-electron chi connectivity index (χ2n) is 8.12. The van der Waals surface area contributed by atoms with Crippen molar-refractivity contribution in [2.45, 2.75) is 10.8 Å². The molecule has 0 saturated heterocycles. The van der Waals surface area contributed by atoms with Gasteiger partial charge in [-0.1, -0.05) is 11.6 Å². The molecule has 12 heteroatoms. The predicted molar refractivity (Wildman–Crippen MR) is 138 cm³/mol. The summed E-state index contributed by atoms with van der Waals surface area (Å²) >= 11 is 18.0. The number of amides is 3. The fourth-order valence-electron chi connectivity index (χ4n) is 3.39. The number of methoxy groups -OCH3 is 1. The molecule has 4 rings (SSSR count). The first kappa shape index (κ1) is 26.7. The Bertz CT molecular complexity index is 1400. The molecular formula is C25H18Cl3F2N3O4. The maximum Gasteiger partial charge on any atom is 0.257 e. The van der Waals surface area contributed by atoms with Gasteiger partial charge in [0.25, 0.3) is 11.8 Å². The van der Waals surface area contributed by atoms with Crippen molar-refractivity contribution in [3.8, 4) is 5.75 Å². The lowest BCUT2D eigenvalue weighted by Crippen LogP contribution is -2.19. The molecule has 0 aliphatic heterocycles. The summed E-state index contributed by atoms with van der Waals surface area (Å²) in [5.41, 5.74) is -0.880. The molecule has 192 valence electrons. The van der Waals surface area contributed by atoms with E-state index >= 15 is 4.39 Å². The third-order valence-corrected chi connectivity index (χ3v) is 6.72. The fourth-order valence-corrected chi connectivity index (χ4v) is 4.10. The Hall–Kier alpha value is -3.40. The fraction of sp³-hybridized carbons (Fsp3) is 0.160. The highest BCUT2D eigenvalue weighted by Crippen LogP contribution is 2.53. The van der Waals surface area contributed by atoms with Crippen LogP contribution in [0.15, 0.2) is 54.6 Å². The van der Waals surface area contributed by atoms with Crippen LogP contribution in [0.1, 0.15) is 27.1 Å². The second-order valence-corrected chi connectivity index (χ2v) is 10.1. The molecule has 3 N–H and O–H groups in total. The average molecular weight is 569 g/mol. The van der Waals surface area contributed by atoms with Crippen molar-refractivity contribution in [2.24, 2.45) is 5.92 Å². The maximum atomic E-state index is 15.1. The highest BCUT2D eigenvalue weighted by Gasteiger charge is 2.56. The molecule has 0 aromatic heterocycles. The molecule has 1 aliphatic rings. The molecule has 1 unspecified atom stereocenters. The van der Waals surface area contributed by atoms with E-state index in [0.29, 0.717) is 12.2 Å². The Kier molecular flexibility index (Phi) is 7.59. The van der Waals surface area contributed by atoms with Crippen LogP contribution in [-0.4, -0.2) is 29.2 Å². The molecule has 1 aliphatic carbocycles. The number of benzene rings is 3. The monoisotopic (exact) mass is 567 g/mol. The highest BCUT2D eigenvalue weighted by molar-refractivity contribution is 6.52. The number of hydrogen-bond donors (Lipinski definition) is 3. The average Bonchev–Trinajstić information content (AvgIpc) is 3.52. The van der Waals surface area contributed by atoms with Crippen LogP contribution in [0.5, 0.6) is 5.75 Å². The van der Waals surface area contributed by atoms with Gasteiger partial charge in [-0.2, -0.15) is 0 Å². The number of rotatable bonds is 7. The quantitative estimate of drug-likeness (QED) is 0.293. The van der Waals surface area contributed by atoms with Crippen LogP contribution in [-0.2, 0) is 4.79 Å². The Morgan fingerprint density at radius 3 is 2.24 bits per heavy atom. The predicted octanol–water partition coefficient (Wildman–Crippen LogP) is 6.26. The summed E-state index contributed by atoms with van der Waals surface area (Å²) in [6, 6.07) is 11.9. The number of nitrogens with one attached hydrogen (secondary N) is 3. The van der Waals surface area contributed by atoms with E-state index in [2.05, 4.69) is 16.0 Å². The zero-order valence-electron chi connectivity index (χ0n) is 19.0. The molecule has 1 saturated carbocycles. The molecular weight excluding hydrogens is 551 g/mol. The van der Waals surface area contributed by atoms with Crippen LogP contribution >= 0.6 is 34.8 Å². The van der Waals surface area contributed by atoms with Crippen molar-refractivity contribution in [1.82, 2.24) is 0 Å². The first-order chi connectivity index (χ1) is 17.5. The number of anilines is 3. The van der Waals surface area contributed by atoms with E-state index in [-0.39, 0.29) is 21.8 Å². The van der Waals surface area contributed by atoms with Crippen molar-refractivity contribution in [3.05, 3.63) is 82.4 Å². The topological polar surface area (TPSA) is 96.5 Å².